The summed E-state index contributed by atoms with van der Waals surface area (Å²) in [7, 11) is 0. The molecule has 5 aromatic carbocycles. The second kappa shape index (κ2) is 14.1. The summed E-state index contributed by atoms with van der Waals surface area (Å²) in [6.45, 7) is 7.62. The fourth-order valence-corrected chi connectivity index (χ4v) is 7.19. The summed E-state index contributed by atoms with van der Waals surface area (Å²) in [6.07, 6.45) is 1.35. The number of hydrogen-bond donors (Lipinski definition) is 1. The minimum absolute atomic E-state index is 0.00634. The number of nitrogens with zero attached hydrogens (tertiary/aromatic N) is 3. The van der Waals surface area contributed by atoms with Crippen molar-refractivity contribution < 1.29 is 19.3 Å². The molecule has 50 heavy (non-hydrogen) atoms. The first-order valence-electron chi connectivity index (χ1n) is 15.7. The highest BCUT2D eigenvalue weighted by Crippen LogP contribution is 2.34. The first-order valence-corrected chi connectivity index (χ1v) is 17.1. The van der Waals surface area contributed by atoms with Crippen LogP contribution in [0.4, 0.5) is 22.7 Å². The number of thioether (sulfide) groups is 1. The van der Waals surface area contributed by atoms with E-state index in [2.05, 4.69) is 5.32 Å². The van der Waals surface area contributed by atoms with E-state index in [0.29, 0.717) is 17.1 Å². The van der Waals surface area contributed by atoms with Gasteiger partial charge in [0.1, 0.15) is 5.57 Å². The van der Waals surface area contributed by atoms with E-state index in [0.717, 1.165) is 44.8 Å². The third-order valence-electron chi connectivity index (χ3n) is 8.06. The molecular weight excluding hydrogens is 669 g/mol. The highest BCUT2D eigenvalue weighted by atomic mass is 32.2. The largest absolute Gasteiger partial charge is 0.325 e. The van der Waals surface area contributed by atoms with Gasteiger partial charge < -0.3 is 5.32 Å². The molecule has 0 radical (unpaired) electrons. The zero-order valence-corrected chi connectivity index (χ0v) is 29.4. The van der Waals surface area contributed by atoms with Crippen molar-refractivity contribution >= 4 is 86.4 Å². The lowest BCUT2D eigenvalue weighted by Gasteiger charge is -2.37. The molecule has 6 rings (SSSR count). The van der Waals surface area contributed by atoms with Crippen LogP contribution in [0, 0.1) is 37.8 Å². The Bertz CT molecular complexity index is 2170. The third-order valence-corrected chi connectivity index (χ3v) is 9.49. The van der Waals surface area contributed by atoms with E-state index >= 15 is 0 Å². The molecule has 9 nitrogen and oxygen atoms in total. The quantitative estimate of drug-likeness (QED) is 0.0432. The van der Waals surface area contributed by atoms with Crippen LogP contribution in [-0.2, 0) is 14.4 Å². The number of carbonyl (C=O) groups is 3. The Morgan fingerprint density at radius 2 is 1.34 bits per heavy atom. The second-order valence-corrected chi connectivity index (χ2v) is 13.6. The summed E-state index contributed by atoms with van der Waals surface area (Å²) in [6, 6.07) is 29.0. The Morgan fingerprint density at radius 1 is 0.780 bits per heavy atom. The first kappa shape index (κ1) is 34.2. The summed E-state index contributed by atoms with van der Waals surface area (Å²) in [4.78, 5) is 55.6. The molecule has 0 bridgehead atoms. The van der Waals surface area contributed by atoms with E-state index in [1.54, 1.807) is 12.1 Å². The van der Waals surface area contributed by atoms with Crippen molar-refractivity contribution in [3.05, 3.63) is 141 Å². The van der Waals surface area contributed by atoms with Crippen molar-refractivity contribution in [1.82, 2.24) is 0 Å². The number of anilines is 3. The van der Waals surface area contributed by atoms with Gasteiger partial charge in [-0.25, -0.2) is 0 Å². The lowest BCUT2D eigenvalue weighted by molar-refractivity contribution is -0.387. The molecule has 1 heterocycles. The van der Waals surface area contributed by atoms with E-state index in [1.165, 1.54) is 28.0 Å². The molecule has 0 atom stereocenters. The highest BCUT2D eigenvalue weighted by molar-refractivity contribution is 8.00. The average Bonchev–Trinajstić information content (AvgIpc) is 3.05. The number of hydrogen-bond acceptors (Lipinski definition) is 7. The number of nitro groups is 1. The SMILES string of the molecule is Cc1cc(C)cc(N2C(=O)C(=Cc3ccc(SCC(=O)Nc4ccc5ccccc5c4)c([N+](=O)[O-])c3)C(=O)N(c3cc(C)cc(C)c3)C2=S)c1. The van der Waals surface area contributed by atoms with Crippen molar-refractivity contribution in [2.75, 3.05) is 20.9 Å². The minimum Gasteiger partial charge on any atom is -0.325 e. The molecule has 0 spiro atoms. The predicted molar refractivity (Wildman–Crippen MR) is 204 cm³/mol. The predicted octanol–water partition coefficient (Wildman–Crippen LogP) is 8.46. The number of rotatable bonds is 8. The Hall–Kier alpha value is -5.65. The monoisotopic (exact) mass is 700 g/mol. The van der Waals surface area contributed by atoms with E-state index in [1.807, 2.05) is 100 Å². The Morgan fingerprint density at radius 3 is 1.90 bits per heavy atom. The van der Waals surface area contributed by atoms with Gasteiger partial charge >= 0.3 is 0 Å². The average molecular weight is 701 g/mol. The fraction of sp³-hybridized carbons (Fsp3) is 0.128. The van der Waals surface area contributed by atoms with Crippen LogP contribution in [0.3, 0.4) is 0 Å². The number of benzene rings is 5. The van der Waals surface area contributed by atoms with Crippen LogP contribution >= 0.6 is 24.0 Å². The Balaban J connectivity index is 1.31. The molecule has 0 aliphatic carbocycles. The van der Waals surface area contributed by atoms with Gasteiger partial charge in [-0.2, -0.15) is 0 Å². The van der Waals surface area contributed by atoms with Gasteiger partial charge in [0.15, 0.2) is 5.11 Å². The maximum Gasteiger partial charge on any atom is 0.283 e. The lowest BCUT2D eigenvalue weighted by atomic mass is 10.0. The number of fused-ring (bicyclic) bond motifs is 1. The molecule has 0 unspecified atom stereocenters. The van der Waals surface area contributed by atoms with Crippen LogP contribution in [0.15, 0.2) is 108 Å². The van der Waals surface area contributed by atoms with Gasteiger partial charge in [-0.05, 0) is 127 Å². The summed E-state index contributed by atoms with van der Waals surface area (Å²) in [5.74, 6) is -1.68. The standard InChI is InChI=1S/C39H32N4O5S2/c1-23-13-24(2)16-31(15-23)41-37(45)33(38(46)42(39(41)49)32-17-25(3)14-26(4)18-32)19-27-9-12-35(34(20-27)43(47)48)50-22-36(44)40-30-11-10-28-7-5-6-8-29(28)21-30/h5-21H,22H2,1-4H3,(H,40,44). The van der Waals surface area contributed by atoms with Crippen LogP contribution in [0.5, 0.6) is 0 Å². The summed E-state index contributed by atoms with van der Waals surface area (Å²) in [5, 5.41) is 17.1. The molecular formula is C39H32N4O5S2. The van der Waals surface area contributed by atoms with Gasteiger partial charge in [0.05, 0.1) is 26.9 Å². The zero-order chi connectivity index (χ0) is 35.7. The summed E-state index contributed by atoms with van der Waals surface area (Å²) >= 11 is 6.82. The molecule has 1 saturated heterocycles. The van der Waals surface area contributed by atoms with Gasteiger partial charge in [-0.15, -0.1) is 11.8 Å². The number of nitro benzene ring substituents is 1. The maximum atomic E-state index is 14.1. The van der Waals surface area contributed by atoms with Gasteiger partial charge in [-0.3, -0.25) is 34.3 Å². The number of amides is 3. The summed E-state index contributed by atoms with van der Waals surface area (Å²) in [5.41, 5.74) is 5.07. The number of thiocarbonyl (C=S) groups is 1. The van der Waals surface area contributed by atoms with Crippen LogP contribution in [0.25, 0.3) is 16.8 Å². The van der Waals surface area contributed by atoms with Crippen molar-refractivity contribution in [2.45, 2.75) is 32.6 Å². The molecule has 0 aromatic heterocycles. The van der Waals surface area contributed by atoms with Crippen molar-refractivity contribution in [3.63, 3.8) is 0 Å². The Labute approximate surface area is 298 Å². The van der Waals surface area contributed by atoms with Crippen LogP contribution in [0.2, 0.25) is 0 Å². The molecule has 250 valence electrons. The van der Waals surface area contributed by atoms with E-state index in [-0.39, 0.29) is 38.5 Å². The lowest BCUT2D eigenvalue weighted by Crippen LogP contribution is -2.57. The molecule has 1 aliphatic heterocycles. The van der Waals surface area contributed by atoms with Gasteiger partial charge in [-0.1, -0.05) is 48.5 Å². The van der Waals surface area contributed by atoms with Crippen molar-refractivity contribution in [3.8, 4) is 0 Å². The van der Waals surface area contributed by atoms with Gasteiger partial charge in [0, 0.05) is 11.8 Å². The smallest absolute Gasteiger partial charge is 0.283 e. The van der Waals surface area contributed by atoms with Crippen LogP contribution in [0.1, 0.15) is 27.8 Å². The fourth-order valence-electron chi connectivity index (χ4n) is 6.01. The van der Waals surface area contributed by atoms with Crippen molar-refractivity contribution in [1.29, 1.82) is 0 Å². The molecule has 3 amide bonds. The number of carbonyl (C=O) groups excluding carboxylic acids is 3. The minimum atomic E-state index is -0.642. The van der Waals surface area contributed by atoms with Crippen LogP contribution < -0.4 is 15.1 Å². The molecule has 1 N–H and O–H groups in total. The Kier molecular flexibility index (Phi) is 9.63. The highest BCUT2D eigenvalue weighted by Gasteiger charge is 2.41. The second-order valence-electron chi connectivity index (χ2n) is 12.2. The maximum absolute atomic E-state index is 14.1. The van der Waals surface area contributed by atoms with Gasteiger partial charge in [0.25, 0.3) is 17.5 Å². The number of aryl methyl sites for hydroxylation is 4. The molecule has 0 saturated carbocycles. The molecule has 1 aliphatic rings. The summed E-state index contributed by atoms with van der Waals surface area (Å²) < 4.78 is 0. The third kappa shape index (κ3) is 7.19. The zero-order valence-electron chi connectivity index (χ0n) is 27.7. The van der Waals surface area contributed by atoms with Crippen molar-refractivity contribution in [2.24, 2.45) is 0 Å². The van der Waals surface area contributed by atoms with E-state index in [4.69, 9.17) is 12.2 Å². The topological polar surface area (TPSA) is 113 Å². The normalized spacial score (nSPS) is 13.2. The molecule has 11 heteroatoms. The molecule has 5 aromatic rings. The first-order chi connectivity index (χ1) is 23.9. The van der Waals surface area contributed by atoms with E-state index in [9.17, 15) is 24.5 Å². The van der Waals surface area contributed by atoms with E-state index < -0.39 is 16.7 Å². The van der Waals surface area contributed by atoms with Gasteiger partial charge in [0.2, 0.25) is 5.91 Å². The van der Waals surface area contributed by atoms with Crippen LogP contribution in [-0.4, -0.2) is 33.5 Å². The number of nitrogens with one attached hydrogen (secondary N) is 1. The molecule has 1 fully saturated rings.